The lowest BCUT2D eigenvalue weighted by atomic mass is 9.85. The Kier molecular flexibility index (Phi) is 29.5. The summed E-state index contributed by atoms with van der Waals surface area (Å²) in [4.78, 5) is 130. The van der Waals surface area contributed by atoms with Crippen molar-refractivity contribution in [3.05, 3.63) is 99.3 Å². The Labute approximate surface area is 696 Å². The number of rotatable bonds is 28. The normalized spacial score (nSPS) is 23.6. The van der Waals surface area contributed by atoms with Crippen molar-refractivity contribution in [2.24, 2.45) is 27.8 Å². The number of halogens is 1. The van der Waals surface area contributed by atoms with Crippen molar-refractivity contribution in [3.8, 4) is 17.5 Å². The summed E-state index contributed by atoms with van der Waals surface area (Å²) >= 11 is 6.13. The number of H-pyrrole nitrogens is 1. The van der Waals surface area contributed by atoms with E-state index in [1.165, 1.54) is 63.9 Å². The van der Waals surface area contributed by atoms with E-state index in [0.717, 1.165) is 79.1 Å². The first-order valence-electron chi connectivity index (χ1n) is 38.7. The average Bonchev–Trinajstić information content (AvgIpc) is 1.58. The lowest BCUT2D eigenvalue weighted by Gasteiger charge is -2.35. The number of thiophene rings is 2. The Morgan fingerprint density at radius 2 is 1.15 bits per heavy atom. The number of hydrogen-bond donors (Lipinski definition) is 7. The number of benzene rings is 1. The van der Waals surface area contributed by atoms with Gasteiger partial charge in [-0.05, 0) is 162 Å². The predicted molar refractivity (Wildman–Crippen MR) is 434 cm³/mol. The van der Waals surface area contributed by atoms with E-state index in [0.29, 0.717) is 53.6 Å². The van der Waals surface area contributed by atoms with Crippen molar-refractivity contribution >= 4 is 137 Å². The number of carbonyl (C=O) groups excluding carboxylic acids is 8. The highest BCUT2D eigenvalue weighted by Crippen LogP contribution is 2.47. The Morgan fingerprint density at radius 3 is 1.63 bits per heavy atom. The van der Waals surface area contributed by atoms with E-state index >= 15 is 0 Å². The molecular formula is C77H103BrN10O24S5. The van der Waals surface area contributed by atoms with Crippen LogP contribution in [0.15, 0.2) is 98.8 Å². The highest BCUT2D eigenvalue weighted by molar-refractivity contribution is 9.10. The lowest BCUT2D eigenvalue weighted by Crippen LogP contribution is -2.60. The van der Waals surface area contributed by atoms with E-state index in [1.807, 2.05) is 41.5 Å². The molecule has 7 amide bonds. The maximum absolute atomic E-state index is 14.5. The number of hydrogen-bond acceptors (Lipinski definition) is 27. The first kappa shape index (κ1) is 91.0. The van der Waals surface area contributed by atoms with Gasteiger partial charge in [0, 0.05) is 47.8 Å². The molecule has 13 rings (SSSR count). The number of fused-ring (bicyclic) bond motifs is 2. The first-order chi connectivity index (χ1) is 55.1. The van der Waals surface area contributed by atoms with Crippen molar-refractivity contribution in [2.75, 3.05) is 33.4 Å². The van der Waals surface area contributed by atoms with E-state index in [2.05, 4.69) is 69.6 Å². The topological polar surface area (TPSA) is 460 Å². The SMILES string of the molecule is C=C[C@@H]1C[C@]1(NC(=O)[C@@H]1C[C@@H](Oc2cc(OCC)nc3ccsc23)CN1C(=O)[C@@H](NC(=O)OC1CCCC1)C(C)(C)C)C(=O)NS(=O)(=O)OC1CC1.C=C[C@@H]1C[C@]1(NC(=O)[C@@H]1C[C@H](OS(=O)(=O)c2ccc(Br)cc2)CN1C(=O)[C@@H](NC(=O)OC1CCCC1)C(C)(C)C)C(=O)OC.CCOc1cc(=O)c2sccc2[nH]1.NS(=O)(=O)OC1CC1. The third-order valence-corrected chi connectivity index (χ3v) is 25.9. The molecule has 34 nitrogen and oxygen atoms in total. The van der Waals surface area contributed by atoms with Gasteiger partial charge in [0.05, 0.1) is 70.5 Å². The van der Waals surface area contributed by atoms with E-state index in [4.69, 9.17) is 36.8 Å². The Morgan fingerprint density at radius 1 is 0.650 bits per heavy atom. The number of carbonyl (C=O) groups is 8. The van der Waals surface area contributed by atoms with Crippen LogP contribution in [0, 0.1) is 22.7 Å². The maximum atomic E-state index is 14.5. The number of nitrogens with two attached hydrogens (primary N) is 1. The highest BCUT2D eigenvalue weighted by atomic mass is 79.9. The number of ether oxygens (including phenoxy) is 6. The molecule has 8 N–H and O–H groups in total. The van der Waals surface area contributed by atoms with Crippen LogP contribution in [0.4, 0.5) is 9.59 Å². The van der Waals surface area contributed by atoms with E-state index in [1.54, 1.807) is 65.8 Å². The zero-order valence-electron chi connectivity index (χ0n) is 66.5. The molecule has 0 bridgehead atoms. The average molecular weight is 1790 g/mol. The second-order valence-electron chi connectivity index (χ2n) is 32.0. The fraction of sp³-hybridized carbons (Fsp3) is 0.584. The molecule has 642 valence electrons. The number of nitrogens with one attached hydrogen (secondary N) is 6. The van der Waals surface area contributed by atoms with Gasteiger partial charge in [0.25, 0.3) is 16.0 Å². The summed E-state index contributed by atoms with van der Waals surface area (Å²) in [7, 11) is -11.1. The summed E-state index contributed by atoms with van der Waals surface area (Å²) in [6, 6.07) is 8.16. The van der Waals surface area contributed by atoms with Crippen LogP contribution in [0.3, 0.4) is 0 Å². The van der Waals surface area contributed by atoms with E-state index in [-0.39, 0.29) is 73.3 Å². The number of aromatic nitrogens is 2. The molecule has 0 unspecified atom stereocenters. The third kappa shape index (κ3) is 24.0. The van der Waals surface area contributed by atoms with Crippen LogP contribution in [0.2, 0.25) is 0 Å². The summed E-state index contributed by atoms with van der Waals surface area (Å²) < 4.78 is 124. The van der Waals surface area contributed by atoms with Gasteiger partial charge in [-0.3, -0.25) is 41.3 Å². The molecule has 4 aromatic heterocycles. The summed E-state index contributed by atoms with van der Waals surface area (Å²) in [5, 5.41) is 19.2. The van der Waals surface area contributed by atoms with Crippen LogP contribution in [-0.2, 0) is 86.3 Å². The fourth-order valence-electron chi connectivity index (χ4n) is 14.1. The molecule has 40 heteroatoms. The predicted octanol–water partition coefficient (Wildman–Crippen LogP) is 8.53. The van der Waals surface area contributed by atoms with Gasteiger partial charge in [0.15, 0.2) is 5.88 Å². The van der Waals surface area contributed by atoms with Crippen molar-refractivity contribution < 1.29 is 105 Å². The number of methoxy groups -OCH3 is 1. The molecule has 6 aliphatic carbocycles. The monoisotopic (exact) mass is 1790 g/mol. The number of amides is 7. The quantitative estimate of drug-likeness (QED) is 0.0107. The molecule has 8 fully saturated rings. The van der Waals surface area contributed by atoms with Gasteiger partial charge in [-0.25, -0.2) is 29.2 Å². The van der Waals surface area contributed by atoms with E-state index < -0.39 is 149 Å². The Bertz CT molecular complexity index is 4900. The van der Waals surface area contributed by atoms with Crippen LogP contribution in [0.5, 0.6) is 17.5 Å². The van der Waals surface area contributed by atoms with Gasteiger partial charge in [-0.1, -0.05) is 69.6 Å². The van der Waals surface area contributed by atoms with Crippen LogP contribution >= 0.6 is 38.6 Å². The minimum atomic E-state index is -4.42. The van der Waals surface area contributed by atoms with Crippen LogP contribution in [-0.4, -0.2) is 198 Å². The second kappa shape index (κ2) is 37.9. The van der Waals surface area contributed by atoms with Gasteiger partial charge >= 0.3 is 38.8 Å². The molecule has 2 aliphatic heterocycles. The van der Waals surface area contributed by atoms with Crippen LogP contribution < -0.4 is 50.8 Å². The molecular weight excluding hydrogens is 1690 g/mol. The third-order valence-electron chi connectivity index (χ3n) is 20.7. The minimum Gasteiger partial charge on any atom is -0.487 e. The van der Waals surface area contributed by atoms with Crippen LogP contribution in [0.1, 0.15) is 158 Å². The molecule has 6 saturated carbocycles. The number of likely N-dealkylation sites (tertiary alicyclic amines) is 2. The van der Waals surface area contributed by atoms with Crippen LogP contribution in [0.25, 0.3) is 20.4 Å². The molecule has 5 aromatic rings. The number of nitrogens with zero attached hydrogens (tertiary/aromatic N) is 3. The van der Waals surface area contributed by atoms with Crippen molar-refractivity contribution in [3.63, 3.8) is 0 Å². The fourth-order valence-corrected chi connectivity index (χ4v) is 18.6. The molecule has 1 aromatic carbocycles. The van der Waals surface area contributed by atoms with Crippen molar-refractivity contribution in [1.29, 1.82) is 0 Å². The summed E-state index contributed by atoms with van der Waals surface area (Å²) in [6.45, 7) is 22.5. The minimum absolute atomic E-state index is 0.0206. The van der Waals surface area contributed by atoms with Gasteiger partial charge < -0.3 is 64.5 Å². The smallest absolute Gasteiger partial charge is 0.408 e. The molecule has 2 saturated heterocycles. The zero-order valence-corrected chi connectivity index (χ0v) is 72.2. The van der Waals surface area contributed by atoms with Gasteiger partial charge in [0.1, 0.15) is 59.3 Å². The second-order valence-corrected chi connectivity index (χ2v) is 38.8. The number of pyridine rings is 2. The molecule has 0 radical (unpaired) electrons. The van der Waals surface area contributed by atoms with Gasteiger partial charge in [0.2, 0.25) is 34.9 Å². The van der Waals surface area contributed by atoms with Crippen molar-refractivity contribution in [2.45, 2.75) is 235 Å². The summed E-state index contributed by atoms with van der Waals surface area (Å²) in [6.07, 6.45) is 8.50. The molecule has 117 heavy (non-hydrogen) atoms. The largest absolute Gasteiger partial charge is 0.487 e. The number of esters is 1. The zero-order chi connectivity index (χ0) is 85.3. The van der Waals surface area contributed by atoms with Gasteiger partial charge in [-0.15, -0.1) is 35.8 Å². The van der Waals surface area contributed by atoms with E-state index in [9.17, 15) is 68.4 Å². The number of alkyl carbamates (subject to hydrolysis) is 2. The number of aromatic amines is 1. The van der Waals surface area contributed by atoms with Crippen molar-refractivity contribution in [1.82, 2.24) is 45.8 Å². The molecule has 10 atom stereocenters. The maximum Gasteiger partial charge on any atom is 0.408 e. The van der Waals surface area contributed by atoms with Gasteiger partial charge in [-0.2, -0.15) is 25.3 Å². The standard InChI is InChI=1S/C35H47N5O10S2.C30H40BrN3O9S.C9H9NO2S.C3H7NO3S/c1-6-20-18-35(20,32(43)39-52(45,46)50-22-12-13-22)38-30(41)25-16-23(48-26-17-27(47-7-2)36-24-14-15-51-28(24)26)19-40(25)31(42)29(34(3,4)5)37-33(44)49-21-10-8-9-11-21;1-6-18-16-30(18,27(37)41-5)33-25(35)23-15-21(43-44(39,40)22-13-11-19(31)12-14-22)17-34(23)26(36)24(29(2,3)4)32-28(38)42-20-9-7-8-10-20;1-2-12-8-5-7(11)9-6(10-8)3-4-13-9;4-8(5,6)7-3-1-2-3/h6,14-15,17,20-23,25,29H,1,7-13,16,18-19H2,2-5H3,(H,37,44)(H,38,41)(H,39,43);6,11-14,18,20-21,23-24H,1,7-10,15-17H2,2-5H3,(H,32,38)(H,33,35);3-5H,2H2,1H3,(H,10,11);3H,1-2H2,(H2,4,5,6)/t20-,23-,25+,29-,35-;18-,21+,23+,24-,30-;;/m11../s1. The highest BCUT2D eigenvalue weighted by Gasteiger charge is 2.63. The Balaban J connectivity index is 0.000000198. The summed E-state index contributed by atoms with van der Waals surface area (Å²) in [5.74, 6) is -3.70. The Hall–Kier alpha value is -8.35. The molecule has 6 heterocycles. The molecule has 0 spiro atoms. The lowest BCUT2D eigenvalue weighted by molar-refractivity contribution is -0.148. The molecule has 8 aliphatic rings. The first-order valence-corrected chi connectivity index (χ1v) is 45.6. The summed E-state index contributed by atoms with van der Waals surface area (Å²) in [5.41, 5.74) is -3.03.